The first-order valence-electron chi connectivity index (χ1n) is 10.6. The lowest BCUT2D eigenvalue weighted by Crippen LogP contribution is -2.35. The van der Waals surface area contributed by atoms with Crippen molar-refractivity contribution in [3.8, 4) is 11.8 Å². The molecule has 0 aliphatic heterocycles. The van der Waals surface area contributed by atoms with E-state index in [1.54, 1.807) is 4.68 Å². The van der Waals surface area contributed by atoms with Crippen LogP contribution in [0.2, 0.25) is 0 Å². The Morgan fingerprint density at radius 1 is 1.12 bits per heavy atom. The van der Waals surface area contributed by atoms with Crippen molar-refractivity contribution in [1.29, 1.82) is 5.26 Å². The highest BCUT2D eigenvalue weighted by molar-refractivity contribution is 5.73. The number of benzene rings is 2. The summed E-state index contributed by atoms with van der Waals surface area (Å²) in [7, 11) is 0. The number of amides is 2. The maximum absolute atomic E-state index is 12.2. The number of nitrogen functional groups attached to an aromatic ring is 1. The molecule has 1 heterocycles. The van der Waals surface area contributed by atoms with Gasteiger partial charge in [-0.1, -0.05) is 42.5 Å². The maximum Gasteiger partial charge on any atom is 0.315 e. The van der Waals surface area contributed by atoms with Crippen molar-refractivity contribution in [1.82, 2.24) is 20.4 Å². The van der Waals surface area contributed by atoms with Gasteiger partial charge in [-0.2, -0.15) is 10.4 Å². The van der Waals surface area contributed by atoms with Crippen LogP contribution in [-0.4, -0.2) is 29.0 Å². The van der Waals surface area contributed by atoms with Crippen LogP contribution >= 0.6 is 0 Å². The number of hydrogen-bond acceptors (Lipinski definition) is 5. The van der Waals surface area contributed by atoms with E-state index in [2.05, 4.69) is 21.8 Å². The number of nitrogens with zero attached hydrogens (tertiary/aromatic N) is 3. The minimum absolute atomic E-state index is 0.244. The van der Waals surface area contributed by atoms with Crippen molar-refractivity contribution in [3.05, 3.63) is 77.0 Å². The zero-order valence-corrected chi connectivity index (χ0v) is 18.2. The van der Waals surface area contributed by atoms with E-state index in [-0.39, 0.29) is 6.03 Å². The number of nitrogens with one attached hydrogen (secondary N) is 2. The molecule has 0 atom stereocenters. The lowest BCUT2D eigenvalue weighted by Gasteiger charge is -2.11. The van der Waals surface area contributed by atoms with Gasteiger partial charge < -0.3 is 21.1 Å². The molecule has 3 aromatic rings. The van der Waals surface area contributed by atoms with E-state index >= 15 is 0 Å². The maximum atomic E-state index is 12.2. The van der Waals surface area contributed by atoms with Crippen molar-refractivity contribution >= 4 is 11.8 Å². The van der Waals surface area contributed by atoms with E-state index in [0.717, 1.165) is 16.8 Å². The quantitative estimate of drug-likeness (QED) is 0.425. The molecule has 0 saturated carbocycles. The van der Waals surface area contributed by atoms with E-state index in [1.807, 2.05) is 61.5 Å². The van der Waals surface area contributed by atoms with Gasteiger partial charge in [-0.25, -0.2) is 9.48 Å². The van der Waals surface area contributed by atoms with Gasteiger partial charge in [0.25, 0.3) is 0 Å². The number of carbonyl (C=O) groups is 1. The third-order valence-corrected chi connectivity index (χ3v) is 5.00. The van der Waals surface area contributed by atoms with Crippen molar-refractivity contribution in [2.24, 2.45) is 0 Å². The second kappa shape index (κ2) is 11.5. The number of ether oxygens (including phenoxy) is 1. The molecule has 8 heteroatoms. The molecule has 0 radical (unpaired) electrons. The molecular formula is C24H28N6O2. The molecule has 32 heavy (non-hydrogen) atoms. The number of urea groups is 1. The number of aromatic nitrogens is 2. The standard InChI is InChI=1S/C24H28N6O2/c1-2-32-17-19-10-7-6-9-18(19)16-28-24(31)27-14-8-13-22-21(15-25)23(26)30(29-22)20-11-4-3-5-12-20/h3-7,9-12H,2,8,13-14,16-17,26H2,1H3,(H2,27,28,31). The van der Waals surface area contributed by atoms with Crippen LogP contribution in [0.1, 0.15) is 35.7 Å². The Hall–Kier alpha value is -3.83. The van der Waals surface area contributed by atoms with Crippen LogP contribution < -0.4 is 16.4 Å². The van der Waals surface area contributed by atoms with E-state index in [4.69, 9.17) is 10.5 Å². The second-order valence-corrected chi connectivity index (χ2v) is 7.18. The van der Waals surface area contributed by atoms with E-state index in [0.29, 0.717) is 56.2 Å². The van der Waals surface area contributed by atoms with Crippen molar-refractivity contribution < 1.29 is 9.53 Å². The second-order valence-electron chi connectivity index (χ2n) is 7.18. The topological polar surface area (TPSA) is 118 Å². The smallest absolute Gasteiger partial charge is 0.315 e. The van der Waals surface area contributed by atoms with E-state index in [9.17, 15) is 10.1 Å². The molecular weight excluding hydrogens is 404 g/mol. The minimum Gasteiger partial charge on any atom is -0.382 e. The first-order valence-corrected chi connectivity index (χ1v) is 10.6. The third-order valence-electron chi connectivity index (χ3n) is 5.00. The van der Waals surface area contributed by atoms with Gasteiger partial charge in [-0.05, 0) is 43.0 Å². The molecule has 0 aliphatic rings. The Morgan fingerprint density at radius 2 is 1.84 bits per heavy atom. The highest BCUT2D eigenvalue weighted by Gasteiger charge is 2.16. The third kappa shape index (κ3) is 5.86. The first kappa shape index (κ1) is 22.8. The number of para-hydroxylation sites is 1. The monoisotopic (exact) mass is 432 g/mol. The number of anilines is 1. The average molecular weight is 433 g/mol. The summed E-state index contributed by atoms with van der Waals surface area (Å²) in [4.78, 5) is 12.2. The normalized spacial score (nSPS) is 10.5. The summed E-state index contributed by atoms with van der Waals surface area (Å²) in [6, 6.07) is 19.2. The molecule has 0 bridgehead atoms. The summed E-state index contributed by atoms with van der Waals surface area (Å²) in [6.45, 7) is 4.00. The Kier molecular flexibility index (Phi) is 8.23. The Bertz CT molecular complexity index is 1070. The number of rotatable bonds is 10. The predicted octanol–water partition coefficient (Wildman–Crippen LogP) is 3.29. The number of nitriles is 1. The lowest BCUT2D eigenvalue weighted by molar-refractivity contribution is 0.133. The fourth-order valence-corrected chi connectivity index (χ4v) is 3.32. The summed E-state index contributed by atoms with van der Waals surface area (Å²) in [5, 5.41) is 19.7. The molecule has 2 aromatic carbocycles. The zero-order chi connectivity index (χ0) is 22.8. The van der Waals surface area contributed by atoms with E-state index in [1.165, 1.54) is 0 Å². The molecule has 0 saturated heterocycles. The van der Waals surface area contributed by atoms with Crippen molar-refractivity contribution in [2.75, 3.05) is 18.9 Å². The van der Waals surface area contributed by atoms with Gasteiger partial charge in [0.1, 0.15) is 17.5 Å². The number of nitrogens with two attached hydrogens (primary N) is 1. The van der Waals surface area contributed by atoms with Gasteiger partial charge in [-0.3, -0.25) is 0 Å². The molecule has 8 nitrogen and oxygen atoms in total. The summed E-state index contributed by atoms with van der Waals surface area (Å²) in [6.07, 6.45) is 1.17. The number of aryl methyl sites for hydroxylation is 1. The predicted molar refractivity (Wildman–Crippen MR) is 123 cm³/mol. The van der Waals surface area contributed by atoms with Crippen LogP contribution in [-0.2, 0) is 24.3 Å². The molecule has 3 rings (SSSR count). The van der Waals surface area contributed by atoms with Crippen LogP contribution in [0.4, 0.5) is 10.6 Å². The number of carbonyl (C=O) groups excluding carboxylic acids is 1. The molecule has 0 fully saturated rings. The molecule has 166 valence electrons. The molecule has 0 aliphatic carbocycles. The fourth-order valence-electron chi connectivity index (χ4n) is 3.32. The lowest BCUT2D eigenvalue weighted by atomic mass is 10.1. The Labute approximate surface area is 188 Å². The van der Waals surface area contributed by atoms with E-state index < -0.39 is 0 Å². The summed E-state index contributed by atoms with van der Waals surface area (Å²) < 4.78 is 7.06. The highest BCUT2D eigenvalue weighted by Crippen LogP contribution is 2.21. The summed E-state index contributed by atoms with van der Waals surface area (Å²) >= 11 is 0. The van der Waals surface area contributed by atoms with Gasteiger partial charge in [0.15, 0.2) is 0 Å². The van der Waals surface area contributed by atoms with Crippen molar-refractivity contribution in [2.45, 2.75) is 32.9 Å². The SMILES string of the molecule is CCOCc1ccccc1CNC(=O)NCCCc1nn(-c2ccccc2)c(N)c1C#N. The van der Waals surface area contributed by atoms with Crippen LogP contribution in [0.3, 0.4) is 0 Å². The average Bonchev–Trinajstić information content (AvgIpc) is 3.15. The van der Waals surface area contributed by atoms with Gasteiger partial charge >= 0.3 is 6.03 Å². The minimum atomic E-state index is -0.244. The first-order chi connectivity index (χ1) is 15.6. The van der Waals surface area contributed by atoms with Crippen LogP contribution in [0.15, 0.2) is 54.6 Å². The van der Waals surface area contributed by atoms with Gasteiger partial charge in [0.2, 0.25) is 0 Å². The Morgan fingerprint density at radius 3 is 2.56 bits per heavy atom. The zero-order valence-electron chi connectivity index (χ0n) is 18.2. The summed E-state index contributed by atoms with van der Waals surface area (Å²) in [5.74, 6) is 0.324. The molecule has 2 amide bonds. The fraction of sp³-hybridized carbons (Fsp3) is 0.292. The van der Waals surface area contributed by atoms with Crippen LogP contribution in [0.5, 0.6) is 0 Å². The summed E-state index contributed by atoms with van der Waals surface area (Å²) in [5.41, 5.74) is 10.0. The van der Waals surface area contributed by atoms with Crippen LogP contribution in [0.25, 0.3) is 5.69 Å². The molecule has 1 aromatic heterocycles. The van der Waals surface area contributed by atoms with Gasteiger partial charge in [-0.15, -0.1) is 0 Å². The molecule has 4 N–H and O–H groups in total. The molecule has 0 spiro atoms. The van der Waals surface area contributed by atoms with Gasteiger partial charge in [0.05, 0.1) is 18.0 Å². The van der Waals surface area contributed by atoms with Gasteiger partial charge in [0, 0.05) is 19.7 Å². The Balaban J connectivity index is 1.49. The van der Waals surface area contributed by atoms with Crippen molar-refractivity contribution in [3.63, 3.8) is 0 Å². The van der Waals surface area contributed by atoms with Crippen LogP contribution in [0, 0.1) is 11.3 Å². The largest absolute Gasteiger partial charge is 0.382 e. The highest BCUT2D eigenvalue weighted by atomic mass is 16.5. The number of hydrogen-bond donors (Lipinski definition) is 3. The molecule has 0 unspecified atom stereocenters.